The van der Waals surface area contributed by atoms with Gasteiger partial charge in [0.05, 0.1) is 30.5 Å². The van der Waals surface area contributed by atoms with Crippen molar-refractivity contribution >= 4 is 41.0 Å². The summed E-state index contributed by atoms with van der Waals surface area (Å²) in [7, 11) is 0. The molecule has 2 aliphatic rings. The number of para-hydroxylation sites is 2. The van der Waals surface area contributed by atoms with E-state index < -0.39 is 0 Å². The average molecular weight is 545 g/mol. The van der Waals surface area contributed by atoms with E-state index in [1.54, 1.807) is 0 Å². The summed E-state index contributed by atoms with van der Waals surface area (Å²) in [5, 5.41) is 3.48. The van der Waals surface area contributed by atoms with Crippen LogP contribution in [0.2, 0.25) is 0 Å². The lowest BCUT2D eigenvalue weighted by Crippen LogP contribution is -2.41. The fraction of sp³-hybridized carbons (Fsp3) is 0.440. The topological polar surface area (TPSA) is 54.7 Å². The smallest absolute Gasteiger partial charge is 0.194 e. The third kappa shape index (κ3) is 4.93. The number of rotatable bonds is 5. The van der Waals surface area contributed by atoms with Crippen molar-refractivity contribution in [3.8, 4) is 0 Å². The summed E-state index contributed by atoms with van der Waals surface area (Å²) in [6, 6.07) is 17.0. The molecule has 1 unspecified atom stereocenters. The Hall–Kier alpha value is -2.13. The molecule has 6 nitrogen and oxygen atoms in total. The highest BCUT2D eigenvalue weighted by atomic mass is 127. The van der Waals surface area contributed by atoms with E-state index in [9.17, 15) is 0 Å². The molecule has 7 heteroatoms. The lowest BCUT2D eigenvalue weighted by Gasteiger charge is -2.25. The molecule has 3 aromatic rings. The van der Waals surface area contributed by atoms with E-state index in [2.05, 4.69) is 69.2 Å². The number of benzene rings is 2. The van der Waals surface area contributed by atoms with Gasteiger partial charge in [-0.25, -0.2) is 9.98 Å². The Morgan fingerprint density at radius 2 is 1.94 bits per heavy atom. The van der Waals surface area contributed by atoms with Crippen LogP contribution in [0.5, 0.6) is 0 Å². The predicted molar refractivity (Wildman–Crippen MR) is 140 cm³/mol. The maximum atomic E-state index is 5.68. The molecule has 2 aliphatic heterocycles. The number of halogens is 1. The Morgan fingerprint density at radius 1 is 1.12 bits per heavy atom. The van der Waals surface area contributed by atoms with Gasteiger partial charge in [0.15, 0.2) is 5.96 Å². The highest BCUT2D eigenvalue weighted by molar-refractivity contribution is 14.0. The second kappa shape index (κ2) is 10.2. The highest BCUT2D eigenvalue weighted by Crippen LogP contribution is 2.38. The number of fused-ring (bicyclic) bond motifs is 1. The van der Waals surface area contributed by atoms with Crippen LogP contribution in [0.15, 0.2) is 59.9 Å². The minimum atomic E-state index is 0. The number of ether oxygens (including phenoxy) is 1. The van der Waals surface area contributed by atoms with Crippen LogP contribution in [0.1, 0.15) is 30.9 Å². The van der Waals surface area contributed by atoms with Crippen LogP contribution in [-0.2, 0) is 17.8 Å². The summed E-state index contributed by atoms with van der Waals surface area (Å²) in [5.41, 5.74) is 5.05. The molecule has 2 saturated heterocycles. The number of imidazole rings is 1. The standard InChI is InChI=1S/C25H31N5O.HI/c1-2-26-24(29-13-11-25(17-29)12-14-31-18-25)27-15-20-7-9-21(10-8-20)16-30-19-28-22-5-3-4-6-23(22)30;/h3-10,19H,2,11-18H2,1H3,(H,26,27);1H. The third-order valence-electron chi connectivity index (χ3n) is 6.57. The summed E-state index contributed by atoms with van der Waals surface area (Å²) in [6.07, 6.45) is 4.30. The first-order valence-corrected chi connectivity index (χ1v) is 11.3. The van der Waals surface area contributed by atoms with Crippen molar-refractivity contribution in [1.29, 1.82) is 0 Å². The van der Waals surface area contributed by atoms with Crippen LogP contribution in [0.4, 0.5) is 0 Å². The van der Waals surface area contributed by atoms with Crippen LogP contribution < -0.4 is 5.32 Å². The first-order valence-electron chi connectivity index (χ1n) is 11.3. The number of nitrogens with zero attached hydrogens (tertiary/aromatic N) is 4. The summed E-state index contributed by atoms with van der Waals surface area (Å²) in [5.74, 6) is 1.03. The molecule has 1 atom stereocenters. The lowest BCUT2D eigenvalue weighted by molar-refractivity contribution is 0.156. The Labute approximate surface area is 207 Å². The first-order chi connectivity index (χ1) is 15.2. The molecule has 0 aliphatic carbocycles. The van der Waals surface area contributed by atoms with Crippen molar-refractivity contribution in [3.05, 3.63) is 66.0 Å². The van der Waals surface area contributed by atoms with E-state index in [4.69, 9.17) is 9.73 Å². The second-order valence-electron chi connectivity index (χ2n) is 8.82. The van der Waals surface area contributed by atoms with Crippen molar-refractivity contribution in [2.24, 2.45) is 10.4 Å². The third-order valence-corrected chi connectivity index (χ3v) is 6.57. The van der Waals surface area contributed by atoms with Crippen LogP contribution in [-0.4, -0.2) is 53.3 Å². The number of likely N-dealkylation sites (tertiary alicyclic amines) is 1. The van der Waals surface area contributed by atoms with E-state index in [0.29, 0.717) is 12.0 Å². The van der Waals surface area contributed by atoms with Crippen LogP contribution in [0.3, 0.4) is 0 Å². The van der Waals surface area contributed by atoms with Gasteiger partial charge in [0.2, 0.25) is 0 Å². The quantitative estimate of drug-likeness (QED) is 0.296. The number of hydrogen-bond acceptors (Lipinski definition) is 3. The maximum Gasteiger partial charge on any atom is 0.194 e. The summed E-state index contributed by atoms with van der Waals surface area (Å²) in [6.45, 7) is 8.45. The maximum absolute atomic E-state index is 5.68. The minimum absolute atomic E-state index is 0. The van der Waals surface area contributed by atoms with Gasteiger partial charge in [-0.3, -0.25) is 0 Å². The van der Waals surface area contributed by atoms with Crippen molar-refractivity contribution < 1.29 is 4.74 Å². The molecule has 1 aromatic heterocycles. The van der Waals surface area contributed by atoms with Crippen LogP contribution >= 0.6 is 24.0 Å². The zero-order valence-electron chi connectivity index (χ0n) is 18.7. The molecule has 0 saturated carbocycles. The van der Waals surface area contributed by atoms with E-state index in [1.165, 1.54) is 29.5 Å². The van der Waals surface area contributed by atoms with Gasteiger partial charge in [-0.2, -0.15) is 0 Å². The van der Waals surface area contributed by atoms with Crippen molar-refractivity contribution in [3.63, 3.8) is 0 Å². The lowest BCUT2D eigenvalue weighted by atomic mass is 9.87. The van der Waals surface area contributed by atoms with Crippen LogP contribution in [0.25, 0.3) is 11.0 Å². The number of aliphatic imine (C=N–C) groups is 1. The summed E-state index contributed by atoms with van der Waals surface area (Å²) < 4.78 is 7.88. The van der Waals surface area contributed by atoms with Crippen molar-refractivity contribution in [2.45, 2.75) is 32.9 Å². The van der Waals surface area contributed by atoms with E-state index >= 15 is 0 Å². The predicted octanol–water partition coefficient (Wildman–Crippen LogP) is 4.28. The molecule has 0 amide bonds. The van der Waals surface area contributed by atoms with Crippen LogP contribution in [0, 0.1) is 5.41 Å². The Kier molecular flexibility index (Phi) is 7.35. The normalized spacial score (nSPS) is 20.8. The van der Waals surface area contributed by atoms with Gasteiger partial charge in [0.1, 0.15) is 0 Å². The van der Waals surface area contributed by atoms with Gasteiger partial charge in [-0.1, -0.05) is 36.4 Å². The molecule has 0 radical (unpaired) electrons. The Bertz CT molecular complexity index is 1060. The van der Waals surface area contributed by atoms with Crippen molar-refractivity contribution in [1.82, 2.24) is 19.8 Å². The molecule has 32 heavy (non-hydrogen) atoms. The van der Waals surface area contributed by atoms with E-state index in [1.807, 2.05) is 12.4 Å². The molecule has 2 fully saturated rings. The van der Waals surface area contributed by atoms with Gasteiger partial charge in [-0.05, 0) is 43.0 Å². The fourth-order valence-corrected chi connectivity index (χ4v) is 4.76. The molecule has 170 valence electrons. The van der Waals surface area contributed by atoms with Gasteiger partial charge in [0, 0.05) is 38.2 Å². The number of guanidine groups is 1. The van der Waals surface area contributed by atoms with Gasteiger partial charge < -0.3 is 19.5 Å². The molecule has 3 heterocycles. The number of hydrogen-bond donors (Lipinski definition) is 1. The SMILES string of the molecule is CCNC(=NCc1ccc(Cn2cnc3ccccc32)cc1)N1CCC2(CCOC2)C1.I. The molecular weight excluding hydrogens is 513 g/mol. The minimum Gasteiger partial charge on any atom is -0.381 e. The van der Waals surface area contributed by atoms with Gasteiger partial charge >= 0.3 is 0 Å². The molecule has 0 bridgehead atoms. The number of aromatic nitrogens is 2. The molecular formula is C25H32IN5O. The number of nitrogens with one attached hydrogen (secondary N) is 1. The largest absolute Gasteiger partial charge is 0.381 e. The molecule has 1 spiro atoms. The van der Waals surface area contributed by atoms with Crippen molar-refractivity contribution in [2.75, 3.05) is 32.8 Å². The average Bonchev–Trinajstić information content (AvgIpc) is 3.54. The Balaban J connectivity index is 0.00000245. The molecule has 1 N–H and O–H groups in total. The molecule has 2 aromatic carbocycles. The summed E-state index contributed by atoms with van der Waals surface area (Å²) >= 11 is 0. The summed E-state index contributed by atoms with van der Waals surface area (Å²) in [4.78, 5) is 11.8. The monoisotopic (exact) mass is 545 g/mol. The second-order valence-corrected chi connectivity index (χ2v) is 8.82. The first kappa shape index (κ1) is 23.0. The zero-order valence-corrected chi connectivity index (χ0v) is 21.0. The zero-order chi connectivity index (χ0) is 21.1. The van der Waals surface area contributed by atoms with E-state index in [0.717, 1.165) is 50.9 Å². The molecule has 5 rings (SSSR count). The fourth-order valence-electron chi connectivity index (χ4n) is 4.76. The van der Waals surface area contributed by atoms with Gasteiger partial charge in [-0.15, -0.1) is 24.0 Å². The van der Waals surface area contributed by atoms with E-state index in [-0.39, 0.29) is 24.0 Å². The Morgan fingerprint density at radius 3 is 2.72 bits per heavy atom. The van der Waals surface area contributed by atoms with Gasteiger partial charge in [0.25, 0.3) is 0 Å². The highest BCUT2D eigenvalue weighted by Gasteiger charge is 2.42.